The van der Waals surface area contributed by atoms with Crippen LogP contribution < -0.4 is 14.2 Å². The van der Waals surface area contributed by atoms with Crippen molar-refractivity contribution in [3.8, 4) is 11.5 Å². The van der Waals surface area contributed by atoms with E-state index in [2.05, 4.69) is 20.7 Å². The molecule has 0 radical (unpaired) electrons. The second-order valence-electron chi connectivity index (χ2n) is 4.73. The number of rotatable bonds is 5. The van der Waals surface area contributed by atoms with Gasteiger partial charge in [0.2, 0.25) is 0 Å². The van der Waals surface area contributed by atoms with Crippen LogP contribution in [-0.4, -0.2) is 22.6 Å². The van der Waals surface area contributed by atoms with Crippen molar-refractivity contribution < 1.29 is 22.3 Å². The molecule has 1 N–H and O–H groups in total. The van der Waals surface area contributed by atoms with E-state index in [1.165, 1.54) is 26.4 Å². The fourth-order valence-electron chi connectivity index (χ4n) is 1.96. The van der Waals surface area contributed by atoms with E-state index in [-0.39, 0.29) is 22.1 Å². The summed E-state index contributed by atoms with van der Waals surface area (Å²) < 4.78 is 51.7. The van der Waals surface area contributed by atoms with Gasteiger partial charge in [0.25, 0.3) is 10.0 Å². The predicted octanol–water partition coefficient (Wildman–Crippen LogP) is 3.71. The van der Waals surface area contributed by atoms with Crippen LogP contribution in [0.25, 0.3) is 0 Å². The molecule has 2 aromatic rings. The lowest BCUT2D eigenvalue weighted by atomic mass is 10.2. The van der Waals surface area contributed by atoms with E-state index in [1.54, 1.807) is 12.1 Å². The Balaban J connectivity index is 2.45. The van der Waals surface area contributed by atoms with Crippen LogP contribution in [0.3, 0.4) is 0 Å². The maximum atomic E-state index is 14.1. The van der Waals surface area contributed by atoms with Crippen LogP contribution in [0.5, 0.6) is 11.5 Å². The number of nitrogens with one attached hydrogen (secondary N) is 1. The first-order chi connectivity index (χ1) is 10.8. The lowest BCUT2D eigenvalue weighted by Gasteiger charge is -2.14. The number of hydrogen-bond donors (Lipinski definition) is 1. The first-order valence-electron chi connectivity index (χ1n) is 6.49. The summed E-state index contributed by atoms with van der Waals surface area (Å²) in [7, 11) is -1.22. The first kappa shape index (κ1) is 17.6. The molecule has 2 rings (SSSR count). The molecule has 0 saturated carbocycles. The summed E-state index contributed by atoms with van der Waals surface area (Å²) in [5.41, 5.74) is 0.670. The van der Waals surface area contributed by atoms with Crippen molar-refractivity contribution >= 4 is 31.6 Å². The monoisotopic (exact) mass is 403 g/mol. The van der Waals surface area contributed by atoms with Gasteiger partial charge in [-0.2, -0.15) is 0 Å². The number of anilines is 1. The molecule has 8 heteroatoms. The molecule has 5 nitrogen and oxygen atoms in total. The largest absolute Gasteiger partial charge is 0.493 e. The molecular formula is C15H15BrFNO4S. The highest BCUT2D eigenvalue weighted by Crippen LogP contribution is 2.34. The van der Waals surface area contributed by atoms with E-state index in [1.807, 2.05) is 6.92 Å². The summed E-state index contributed by atoms with van der Waals surface area (Å²) in [6.07, 6.45) is 0. The van der Waals surface area contributed by atoms with E-state index in [0.717, 1.165) is 11.6 Å². The third kappa shape index (κ3) is 3.76. The molecule has 0 aliphatic rings. The Morgan fingerprint density at radius 3 is 2.26 bits per heavy atom. The van der Waals surface area contributed by atoms with Crippen molar-refractivity contribution in [3.63, 3.8) is 0 Å². The van der Waals surface area contributed by atoms with Crippen LogP contribution in [0, 0.1) is 12.7 Å². The maximum absolute atomic E-state index is 14.1. The molecule has 0 heterocycles. The summed E-state index contributed by atoms with van der Waals surface area (Å²) in [4.78, 5) is 0.0114. The quantitative estimate of drug-likeness (QED) is 0.825. The highest BCUT2D eigenvalue weighted by molar-refractivity contribution is 9.10. The topological polar surface area (TPSA) is 64.6 Å². The molecular weight excluding hydrogens is 389 g/mol. The molecule has 0 bridgehead atoms. The minimum atomic E-state index is -3.96. The Morgan fingerprint density at radius 2 is 1.70 bits per heavy atom. The van der Waals surface area contributed by atoms with Crippen molar-refractivity contribution in [2.75, 3.05) is 18.9 Å². The molecule has 0 aromatic heterocycles. The lowest BCUT2D eigenvalue weighted by molar-refractivity contribution is 0.353. The highest BCUT2D eigenvalue weighted by Gasteiger charge is 2.21. The fourth-order valence-corrected chi connectivity index (χ4v) is 4.21. The Bertz CT molecular complexity index is 840. The minimum Gasteiger partial charge on any atom is -0.493 e. The van der Waals surface area contributed by atoms with Gasteiger partial charge in [-0.1, -0.05) is 6.07 Å². The van der Waals surface area contributed by atoms with Gasteiger partial charge in [0, 0.05) is 16.6 Å². The third-order valence-corrected chi connectivity index (χ3v) is 5.44. The average molecular weight is 404 g/mol. The van der Waals surface area contributed by atoms with Gasteiger partial charge in [-0.3, -0.25) is 4.72 Å². The number of hydrogen-bond acceptors (Lipinski definition) is 4. The Hall–Kier alpha value is -1.80. The van der Waals surface area contributed by atoms with Gasteiger partial charge in [-0.05, 0) is 40.5 Å². The van der Waals surface area contributed by atoms with E-state index in [0.29, 0.717) is 4.47 Å². The SMILES string of the molecule is COc1cc(F)c(NS(=O)(=O)c2ccc(C)cc2Br)cc1OC. The van der Waals surface area contributed by atoms with Gasteiger partial charge >= 0.3 is 0 Å². The van der Waals surface area contributed by atoms with Crippen LogP contribution in [0.2, 0.25) is 0 Å². The van der Waals surface area contributed by atoms with Gasteiger partial charge in [0.1, 0.15) is 4.90 Å². The molecule has 0 atom stereocenters. The molecule has 0 aliphatic heterocycles. The molecule has 0 saturated heterocycles. The smallest absolute Gasteiger partial charge is 0.263 e. The predicted molar refractivity (Wildman–Crippen MR) is 89.2 cm³/mol. The Kier molecular flexibility index (Phi) is 5.16. The van der Waals surface area contributed by atoms with Gasteiger partial charge in [-0.15, -0.1) is 0 Å². The summed E-state index contributed by atoms with van der Waals surface area (Å²) >= 11 is 3.21. The second kappa shape index (κ2) is 6.76. The zero-order chi connectivity index (χ0) is 17.2. The van der Waals surface area contributed by atoms with E-state index < -0.39 is 15.8 Å². The van der Waals surface area contributed by atoms with E-state index in [4.69, 9.17) is 9.47 Å². The molecule has 0 fully saturated rings. The molecule has 0 spiro atoms. The van der Waals surface area contributed by atoms with Crippen LogP contribution in [0.4, 0.5) is 10.1 Å². The van der Waals surface area contributed by atoms with Crippen molar-refractivity contribution in [2.45, 2.75) is 11.8 Å². The standard InChI is InChI=1S/C15H15BrFNO4S/c1-9-4-5-15(10(16)6-9)23(19,20)18-12-8-14(22-3)13(21-2)7-11(12)17/h4-8,18H,1-3H3. The van der Waals surface area contributed by atoms with Crippen LogP contribution in [0.15, 0.2) is 39.7 Å². The van der Waals surface area contributed by atoms with Crippen molar-refractivity contribution in [1.29, 1.82) is 0 Å². The normalized spacial score (nSPS) is 11.2. The highest BCUT2D eigenvalue weighted by atomic mass is 79.9. The van der Waals surface area contributed by atoms with Crippen molar-refractivity contribution in [2.24, 2.45) is 0 Å². The molecule has 23 heavy (non-hydrogen) atoms. The molecule has 0 aliphatic carbocycles. The average Bonchev–Trinajstić information content (AvgIpc) is 2.48. The number of halogens is 2. The summed E-state index contributed by atoms with van der Waals surface area (Å²) in [5.74, 6) is -0.381. The first-order valence-corrected chi connectivity index (χ1v) is 8.76. The maximum Gasteiger partial charge on any atom is 0.263 e. The number of aryl methyl sites for hydroxylation is 1. The summed E-state index contributed by atoms with van der Waals surface area (Å²) in [6.45, 7) is 1.84. The van der Waals surface area contributed by atoms with Crippen molar-refractivity contribution in [1.82, 2.24) is 0 Å². The van der Waals surface area contributed by atoms with Gasteiger partial charge < -0.3 is 9.47 Å². The van der Waals surface area contributed by atoms with Gasteiger partial charge in [-0.25, -0.2) is 12.8 Å². The van der Waals surface area contributed by atoms with Crippen LogP contribution in [0.1, 0.15) is 5.56 Å². The van der Waals surface area contributed by atoms with Crippen LogP contribution in [-0.2, 0) is 10.0 Å². The van der Waals surface area contributed by atoms with Gasteiger partial charge in [0.05, 0.1) is 19.9 Å². The summed E-state index contributed by atoms with van der Waals surface area (Å²) in [6, 6.07) is 7.05. The summed E-state index contributed by atoms with van der Waals surface area (Å²) in [5, 5.41) is 0. The molecule has 124 valence electrons. The molecule has 0 amide bonds. The van der Waals surface area contributed by atoms with Gasteiger partial charge in [0.15, 0.2) is 17.3 Å². The lowest BCUT2D eigenvalue weighted by Crippen LogP contribution is -2.15. The number of benzene rings is 2. The number of methoxy groups -OCH3 is 2. The number of sulfonamides is 1. The Morgan fingerprint density at radius 1 is 1.09 bits per heavy atom. The Labute approximate surface area is 142 Å². The second-order valence-corrected chi connectivity index (χ2v) is 7.23. The molecule has 2 aromatic carbocycles. The zero-order valence-corrected chi connectivity index (χ0v) is 15.1. The van der Waals surface area contributed by atoms with E-state index >= 15 is 0 Å². The van der Waals surface area contributed by atoms with Crippen molar-refractivity contribution in [3.05, 3.63) is 46.2 Å². The fraction of sp³-hybridized carbons (Fsp3) is 0.200. The van der Waals surface area contributed by atoms with Crippen LogP contribution >= 0.6 is 15.9 Å². The molecule has 0 unspecified atom stereocenters. The minimum absolute atomic E-state index is 0.0114. The number of ether oxygens (including phenoxy) is 2. The van der Waals surface area contributed by atoms with E-state index in [9.17, 15) is 12.8 Å². The third-order valence-electron chi connectivity index (χ3n) is 3.09. The zero-order valence-electron chi connectivity index (χ0n) is 12.7.